The van der Waals surface area contributed by atoms with Crippen LogP contribution in [0.25, 0.3) is 0 Å². The average molecular weight is 212 g/mol. The molecule has 2 N–H and O–H groups in total. The van der Waals surface area contributed by atoms with E-state index in [4.69, 9.17) is 5.73 Å². The first-order chi connectivity index (χ1) is 6.80. The van der Waals surface area contributed by atoms with Gasteiger partial charge in [0.25, 0.3) is 0 Å². The Morgan fingerprint density at radius 1 is 1.29 bits per heavy atom. The zero-order chi connectivity index (χ0) is 10.4. The molecule has 0 spiro atoms. The number of likely N-dealkylation sites (N-methyl/N-ethyl adjacent to an activating group) is 1. The standard InChI is InChI=1S/C11H20N2S/c1-3-10-5-6-11(14-10)9-13(4-2)8-7-12/h5-6H,3-4,7-9,12H2,1-2H3. The molecule has 14 heavy (non-hydrogen) atoms. The van der Waals surface area contributed by atoms with E-state index in [0.29, 0.717) is 0 Å². The van der Waals surface area contributed by atoms with E-state index in [0.717, 1.165) is 32.6 Å². The molecule has 1 rings (SSSR count). The van der Waals surface area contributed by atoms with Gasteiger partial charge in [0, 0.05) is 29.4 Å². The molecule has 1 aromatic rings. The fraction of sp³-hybridized carbons (Fsp3) is 0.636. The number of hydrogen-bond acceptors (Lipinski definition) is 3. The maximum absolute atomic E-state index is 5.55. The Morgan fingerprint density at radius 3 is 2.50 bits per heavy atom. The van der Waals surface area contributed by atoms with Gasteiger partial charge >= 0.3 is 0 Å². The summed E-state index contributed by atoms with van der Waals surface area (Å²) in [4.78, 5) is 5.31. The van der Waals surface area contributed by atoms with Gasteiger partial charge in [0.15, 0.2) is 0 Å². The topological polar surface area (TPSA) is 29.3 Å². The van der Waals surface area contributed by atoms with Crippen LogP contribution in [-0.2, 0) is 13.0 Å². The normalized spacial score (nSPS) is 11.1. The molecule has 0 aliphatic carbocycles. The SMILES string of the molecule is CCc1ccc(CN(CC)CCN)s1. The number of aryl methyl sites for hydroxylation is 1. The van der Waals surface area contributed by atoms with E-state index < -0.39 is 0 Å². The largest absolute Gasteiger partial charge is 0.329 e. The molecule has 0 aliphatic heterocycles. The third-order valence-electron chi connectivity index (χ3n) is 2.34. The van der Waals surface area contributed by atoms with Crippen LogP contribution in [0.1, 0.15) is 23.6 Å². The molecule has 0 amide bonds. The van der Waals surface area contributed by atoms with Crippen molar-refractivity contribution >= 4 is 11.3 Å². The van der Waals surface area contributed by atoms with Crippen LogP contribution in [-0.4, -0.2) is 24.5 Å². The third-order valence-corrected chi connectivity index (χ3v) is 3.55. The van der Waals surface area contributed by atoms with Crippen molar-refractivity contribution in [2.24, 2.45) is 5.73 Å². The van der Waals surface area contributed by atoms with Crippen molar-refractivity contribution in [1.82, 2.24) is 4.90 Å². The first kappa shape index (κ1) is 11.7. The summed E-state index contributed by atoms with van der Waals surface area (Å²) in [7, 11) is 0. The third kappa shape index (κ3) is 3.40. The van der Waals surface area contributed by atoms with Crippen LogP contribution in [0.15, 0.2) is 12.1 Å². The van der Waals surface area contributed by atoms with Gasteiger partial charge in [-0.25, -0.2) is 0 Å². The zero-order valence-electron chi connectivity index (χ0n) is 9.12. The molecule has 0 radical (unpaired) electrons. The van der Waals surface area contributed by atoms with E-state index in [2.05, 4.69) is 30.9 Å². The number of rotatable bonds is 6. The van der Waals surface area contributed by atoms with Crippen LogP contribution in [0.3, 0.4) is 0 Å². The summed E-state index contributed by atoms with van der Waals surface area (Å²) in [6.07, 6.45) is 1.15. The van der Waals surface area contributed by atoms with Crippen molar-refractivity contribution in [3.05, 3.63) is 21.9 Å². The van der Waals surface area contributed by atoms with E-state index in [1.807, 2.05) is 11.3 Å². The van der Waals surface area contributed by atoms with Crippen LogP contribution in [0.5, 0.6) is 0 Å². The minimum Gasteiger partial charge on any atom is -0.329 e. The van der Waals surface area contributed by atoms with Gasteiger partial charge in [-0.2, -0.15) is 0 Å². The first-order valence-corrected chi connectivity index (χ1v) is 6.11. The van der Waals surface area contributed by atoms with Gasteiger partial charge in [-0.3, -0.25) is 4.90 Å². The first-order valence-electron chi connectivity index (χ1n) is 5.30. The molecule has 0 bridgehead atoms. The summed E-state index contributed by atoms with van der Waals surface area (Å²) in [5.41, 5.74) is 5.55. The van der Waals surface area contributed by atoms with Crippen molar-refractivity contribution in [2.75, 3.05) is 19.6 Å². The Hall–Kier alpha value is -0.380. The Balaban J connectivity index is 2.48. The lowest BCUT2D eigenvalue weighted by Gasteiger charge is -2.17. The molecular formula is C11H20N2S. The van der Waals surface area contributed by atoms with Crippen LogP contribution in [0, 0.1) is 0 Å². The monoisotopic (exact) mass is 212 g/mol. The van der Waals surface area contributed by atoms with E-state index in [1.54, 1.807) is 0 Å². The van der Waals surface area contributed by atoms with E-state index in [1.165, 1.54) is 9.75 Å². The predicted octanol–water partition coefficient (Wildman–Crippen LogP) is 2.09. The molecule has 3 heteroatoms. The van der Waals surface area contributed by atoms with Gasteiger partial charge in [-0.1, -0.05) is 13.8 Å². The highest BCUT2D eigenvalue weighted by molar-refractivity contribution is 7.11. The number of nitrogens with two attached hydrogens (primary N) is 1. The molecule has 1 heterocycles. The summed E-state index contributed by atoms with van der Waals surface area (Å²) in [5, 5.41) is 0. The maximum Gasteiger partial charge on any atom is 0.0328 e. The number of hydrogen-bond donors (Lipinski definition) is 1. The fourth-order valence-corrected chi connectivity index (χ4v) is 2.45. The minimum absolute atomic E-state index is 0.750. The average Bonchev–Trinajstić information content (AvgIpc) is 2.65. The highest BCUT2D eigenvalue weighted by Gasteiger charge is 2.04. The predicted molar refractivity (Wildman–Crippen MR) is 63.7 cm³/mol. The highest BCUT2D eigenvalue weighted by atomic mass is 32.1. The molecule has 0 saturated heterocycles. The van der Waals surface area contributed by atoms with E-state index >= 15 is 0 Å². The Kier molecular flexibility index (Phi) is 5.15. The molecule has 0 aliphatic rings. The zero-order valence-corrected chi connectivity index (χ0v) is 9.94. The Morgan fingerprint density at radius 2 is 2.00 bits per heavy atom. The van der Waals surface area contributed by atoms with Gasteiger partial charge < -0.3 is 5.73 Å². The highest BCUT2D eigenvalue weighted by Crippen LogP contribution is 2.18. The number of nitrogens with zero attached hydrogens (tertiary/aromatic N) is 1. The van der Waals surface area contributed by atoms with Gasteiger partial charge in [0.05, 0.1) is 0 Å². The maximum atomic E-state index is 5.55. The van der Waals surface area contributed by atoms with Gasteiger partial charge in [-0.15, -0.1) is 11.3 Å². The van der Waals surface area contributed by atoms with Gasteiger partial charge in [0.2, 0.25) is 0 Å². The van der Waals surface area contributed by atoms with E-state index in [9.17, 15) is 0 Å². The Labute approximate surface area is 90.7 Å². The van der Waals surface area contributed by atoms with E-state index in [-0.39, 0.29) is 0 Å². The van der Waals surface area contributed by atoms with Crippen molar-refractivity contribution in [2.45, 2.75) is 26.8 Å². The molecule has 0 fully saturated rings. The second-order valence-corrected chi connectivity index (χ2v) is 4.63. The molecule has 0 aromatic carbocycles. The fourth-order valence-electron chi connectivity index (χ4n) is 1.45. The second-order valence-electron chi connectivity index (χ2n) is 3.38. The summed E-state index contributed by atoms with van der Waals surface area (Å²) in [6, 6.07) is 4.47. The van der Waals surface area contributed by atoms with Gasteiger partial charge in [-0.05, 0) is 25.1 Å². The van der Waals surface area contributed by atoms with Crippen LogP contribution < -0.4 is 5.73 Å². The quantitative estimate of drug-likeness (QED) is 0.782. The molecule has 80 valence electrons. The van der Waals surface area contributed by atoms with Crippen molar-refractivity contribution < 1.29 is 0 Å². The Bertz CT molecular complexity index is 258. The molecular weight excluding hydrogens is 192 g/mol. The van der Waals surface area contributed by atoms with Crippen LogP contribution in [0.2, 0.25) is 0 Å². The molecule has 0 unspecified atom stereocenters. The van der Waals surface area contributed by atoms with Gasteiger partial charge in [0.1, 0.15) is 0 Å². The van der Waals surface area contributed by atoms with Crippen LogP contribution >= 0.6 is 11.3 Å². The second kappa shape index (κ2) is 6.17. The smallest absolute Gasteiger partial charge is 0.0328 e. The molecule has 2 nitrogen and oxygen atoms in total. The molecule has 1 aromatic heterocycles. The minimum atomic E-state index is 0.750. The summed E-state index contributed by atoms with van der Waals surface area (Å²) in [6.45, 7) is 8.27. The lowest BCUT2D eigenvalue weighted by atomic mass is 10.3. The summed E-state index contributed by atoms with van der Waals surface area (Å²) in [5.74, 6) is 0. The van der Waals surface area contributed by atoms with Crippen LogP contribution in [0.4, 0.5) is 0 Å². The van der Waals surface area contributed by atoms with Crippen molar-refractivity contribution in [3.63, 3.8) is 0 Å². The summed E-state index contributed by atoms with van der Waals surface area (Å²) < 4.78 is 0. The summed E-state index contributed by atoms with van der Waals surface area (Å²) >= 11 is 1.92. The van der Waals surface area contributed by atoms with Crippen molar-refractivity contribution in [1.29, 1.82) is 0 Å². The molecule has 0 atom stereocenters. The lowest BCUT2D eigenvalue weighted by molar-refractivity contribution is 0.291. The lowest BCUT2D eigenvalue weighted by Crippen LogP contribution is -2.28. The van der Waals surface area contributed by atoms with Crippen molar-refractivity contribution in [3.8, 4) is 0 Å². The molecule has 0 saturated carbocycles. The number of thiophene rings is 1.